The largest absolute Gasteiger partial charge is 0.375 e. The van der Waals surface area contributed by atoms with E-state index in [4.69, 9.17) is 16.3 Å². The first kappa shape index (κ1) is 19.4. The first-order chi connectivity index (χ1) is 13.4. The van der Waals surface area contributed by atoms with E-state index < -0.39 is 16.1 Å². The minimum Gasteiger partial charge on any atom is -0.375 e. The number of nitrogens with one attached hydrogen (secondary N) is 1. The summed E-state index contributed by atoms with van der Waals surface area (Å²) in [7, 11) is -2.20. The molecule has 0 fully saturated rings. The van der Waals surface area contributed by atoms with Crippen LogP contribution in [-0.2, 0) is 32.4 Å². The number of hydrogen-bond acceptors (Lipinski definition) is 4. The molecule has 6 nitrogen and oxygen atoms in total. The molecule has 1 atom stereocenters. The first-order valence-corrected chi connectivity index (χ1v) is 11.0. The minimum atomic E-state index is -3.72. The van der Waals surface area contributed by atoms with Crippen molar-refractivity contribution in [1.82, 2.24) is 4.72 Å². The Morgan fingerprint density at radius 3 is 2.61 bits per heavy atom. The summed E-state index contributed by atoms with van der Waals surface area (Å²) in [6, 6.07) is 10.6. The van der Waals surface area contributed by atoms with Crippen molar-refractivity contribution >= 4 is 33.2 Å². The van der Waals surface area contributed by atoms with Crippen molar-refractivity contribution < 1.29 is 17.9 Å². The van der Waals surface area contributed by atoms with Gasteiger partial charge in [0.25, 0.3) is 0 Å². The predicted octanol–water partition coefficient (Wildman–Crippen LogP) is 2.84. The fourth-order valence-electron chi connectivity index (χ4n) is 3.91. The molecule has 8 heteroatoms. The molecular formula is C20H21ClN2O4S. The molecule has 1 N–H and O–H groups in total. The van der Waals surface area contributed by atoms with Gasteiger partial charge in [-0.3, -0.25) is 4.79 Å². The Balaban J connectivity index is 1.58. The molecule has 0 unspecified atom stereocenters. The fraction of sp³-hybridized carbons (Fsp3) is 0.350. The number of carbonyl (C=O) groups is 1. The number of ether oxygens (including phenoxy) is 1. The van der Waals surface area contributed by atoms with Gasteiger partial charge in [-0.15, -0.1) is 0 Å². The molecule has 2 aliphatic heterocycles. The van der Waals surface area contributed by atoms with Gasteiger partial charge in [0.15, 0.2) is 0 Å². The van der Waals surface area contributed by atoms with Gasteiger partial charge in [0, 0.05) is 37.2 Å². The molecule has 2 aliphatic rings. The smallest absolute Gasteiger partial charge is 0.240 e. The molecule has 4 rings (SSSR count). The van der Waals surface area contributed by atoms with Crippen LogP contribution in [0.1, 0.15) is 29.2 Å². The number of methoxy groups -OCH3 is 1. The highest BCUT2D eigenvalue weighted by molar-refractivity contribution is 7.89. The van der Waals surface area contributed by atoms with Crippen LogP contribution in [-0.4, -0.2) is 34.5 Å². The molecule has 2 heterocycles. The number of benzene rings is 2. The zero-order valence-corrected chi connectivity index (χ0v) is 17.0. The summed E-state index contributed by atoms with van der Waals surface area (Å²) in [5.41, 5.74) is 3.47. The van der Waals surface area contributed by atoms with E-state index in [0.29, 0.717) is 30.8 Å². The minimum absolute atomic E-state index is 0.0690. The molecule has 0 radical (unpaired) electrons. The second-order valence-electron chi connectivity index (χ2n) is 6.98. The molecule has 1 amide bonds. The molecule has 28 heavy (non-hydrogen) atoms. The van der Waals surface area contributed by atoms with Gasteiger partial charge < -0.3 is 9.64 Å². The van der Waals surface area contributed by atoms with E-state index in [2.05, 4.69) is 4.72 Å². The molecule has 0 spiro atoms. The molecule has 2 aromatic carbocycles. The average molecular weight is 421 g/mol. The Labute approximate surface area is 169 Å². The predicted molar refractivity (Wildman–Crippen MR) is 107 cm³/mol. The summed E-state index contributed by atoms with van der Waals surface area (Å²) in [6.45, 7) is 0.690. The fourth-order valence-corrected chi connectivity index (χ4v) is 5.30. The van der Waals surface area contributed by atoms with Crippen molar-refractivity contribution in [2.24, 2.45) is 0 Å². The average Bonchev–Trinajstić information content (AvgIpc) is 3.12. The lowest BCUT2D eigenvalue weighted by atomic mass is 10.00. The highest BCUT2D eigenvalue weighted by Gasteiger charge is 2.33. The third-order valence-corrected chi connectivity index (χ3v) is 7.08. The van der Waals surface area contributed by atoms with E-state index >= 15 is 0 Å². The number of halogens is 1. The van der Waals surface area contributed by atoms with Gasteiger partial charge in [0.05, 0.1) is 16.7 Å². The highest BCUT2D eigenvalue weighted by atomic mass is 35.5. The van der Waals surface area contributed by atoms with Crippen LogP contribution in [0.5, 0.6) is 0 Å². The summed E-state index contributed by atoms with van der Waals surface area (Å²) >= 11 is 6.21. The lowest BCUT2D eigenvalue weighted by Gasteiger charge is -2.26. The van der Waals surface area contributed by atoms with Crippen LogP contribution in [0.25, 0.3) is 0 Å². The SMILES string of the molecule is CO[C@@H](CNS(=O)(=O)c1cc2c3c(c1)CCN3C(=O)CC2)c1ccccc1Cl. The van der Waals surface area contributed by atoms with Gasteiger partial charge in [0.2, 0.25) is 15.9 Å². The number of carbonyl (C=O) groups excluding carboxylic acids is 1. The monoisotopic (exact) mass is 420 g/mol. The summed E-state index contributed by atoms with van der Waals surface area (Å²) in [4.78, 5) is 14.0. The second kappa shape index (κ2) is 7.48. The maximum absolute atomic E-state index is 12.9. The lowest BCUT2D eigenvalue weighted by Crippen LogP contribution is -2.33. The Bertz CT molecular complexity index is 1040. The van der Waals surface area contributed by atoms with E-state index in [1.165, 1.54) is 7.11 Å². The molecular weight excluding hydrogens is 400 g/mol. The maximum Gasteiger partial charge on any atom is 0.240 e. The molecule has 148 valence electrons. The summed E-state index contributed by atoms with van der Waals surface area (Å²) in [5, 5.41) is 0.528. The lowest BCUT2D eigenvalue weighted by molar-refractivity contribution is -0.118. The van der Waals surface area contributed by atoms with Crippen molar-refractivity contribution in [3.05, 3.63) is 58.1 Å². The molecule has 0 saturated carbocycles. The summed E-state index contributed by atoms with van der Waals surface area (Å²) in [6.07, 6.45) is 1.17. The number of sulfonamides is 1. The van der Waals surface area contributed by atoms with Crippen molar-refractivity contribution in [2.45, 2.75) is 30.3 Å². The van der Waals surface area contributed by atoms with Crippen LogP contribution in [0.3, 0.4) is 0 Å². The van der Waals surface area contributed by atoms with E-state index in [1.807, 2.05) is 18.2 Å². The molecule has 0 bridgehead atoms. The molecule has 0 saturated heterocycles. The van der Waals surface area contributed by atoms with E-state index in [0.717, 1.165) is 22.4 Å². The second-order valence-corrected chi connectivity index (χ2v) is 9.16. The van der Waals surface area contributed by atoms with E-state index in [-0.39, 0.29) is 17.3 Å². The zero-order chi connectivity index (χ0) is 19.9. The topological polar surface area (TPSA) is 75.7 Å². The van der Waals surface area contributed by atoms with Gasteiger partial charge in [0.1, 0.15) is 0 Å². The molecule has 0 aromatic heterocycles. The number of anilines is 1. The first-order valence-electron chi connectivity index (χ1n) is 9.14. The summed E-state index contributed by atoms with van der Waals surface area (Å²) in [5.74, 6) is 0.114. The maximum atomic E-state index is 12.9. The molecule has 2 aromatic rings. The molecule has 0 aliphatic carbocycles. The number of hydrogen-bond donors (Lipinski definition) is 1. The van der Waals surface area contributed by atoms with E-state index in [9.17, 15) is 13.2 Å². The van der Waals surface area contributed by atoms with Crippen molar-refractivity contribution in [3.63, 3.8) is 0 Å². The normalized spacial score (nSPS) is 16.9. The van der Waals surface area contributed by atoms with Crippen molar-refractivity contribution in [1.29, 1.82) is 0 Å². The number of nitrogens with zero attached hydrogens (tertiary/aromatic N) is 1. The summed E-state index contributed by atoms with van der Waals surface area (Å²) < 4.78 is 33.9. The number of aryl methyl sites for hydroxylation is 1. The van der Waals surface area contributed by atoms with Crippen LogP contribution in [0.15, 0.2) is 41.3 Å². The Morgan fingerprint density at radius 2 is 1.89 bits per heavy atom. The Morgan fingerprint density at radius 1 is 1.18 bits per heavy atom. The number of amides is 1. The quantitative estimate of drug-likeness (QED) is 0.779. The van der Waals surface area contributed by atoms with Gasteiger partial charge >= 0.3 is 0 Å². The highest BCUT2D eigenvalue weighted by Crippen LogP contribution is 2.38. The van der Waals surface area contributed by atoms with Crippen molar-refractivity contribution in [3.8, 4) is 0 Å². The van der Waals surface area contributed by atoms with Crippen LogP contribution in [0, 0.1) is 0 Å². The zero-order valence-electron chi connectivity index (χ0n) is 15.4. The van der Waals surface area contributed by atoms with Crippen LogP contribution in [0.2, 0.25) is 5.02 Å². The van der Waals surface area contributed by atoms with Gasteiger partial charge in [-0.1, -0.05) is 29.8 Å². The standard InChI is InChI=1S/C20H21ClN2O4S/c1-27-18(16-4-2-3-5-17(16)21)12-22-28(25,26)15-10-13-6-7-19(24)23-9-8-14(11-15)20(13)23/h2-5,10-11,18,22H,6-9,12H2,1H3/t18-/m0/s1. The van der Waals surface area contributed by atoms with Crippen molar-refractivity contribution in [2.75, 3.05) is 25.1 Å². The number of rotatable bonds is 6. The third-order valence-electron chi connectivity index (χ3n) is 5.33. The van der Waals surface area contributed by atoms with Crippen LogP contribution in [0.4, 0.5) is 5.69 Å². The third kappa shape index (κ3) is 3.43. The van der Waals surface area contributed by atoms with Gasteiger partial charge in [-0.2, -0.15) is 0 Å². The van der Waals surface area contributed by atoms with Crippen LogP contribution >= 0.6 is 11.6 Å². The van der Waals surface area contributed by atoms with Gasteiger partial charge in [-0.05, 0) is 42.2 Å². The van der Waals surface area contributed by atoms with E-state index in [1.54, 1.807) is 23.1 Å². The van der Waals surface area contributed by atoms with Gasteiger partial charge in [-0.25, -0.2) is 13.1 Å². The Hall–Kier alpha value is -1.93. The van der Waals surface area contributed by atoms with Crippen LogP contribution < -0.4 is 9.62 Å². The Kier molecular flexibility index (Phi) is 5.18.